The van der Waals surface area contributed by atoms with Crippen LogP contribution in [0.15, 0.2) is 24.3 Å². The molecule has 1 aromatic carbocycles. The normalized spacial score (nSPS) is 19.6. The van der Waals surface area contributed by atoms with Crippen LogP contribution >= 0.6 is 0 Å². The second-order valence-corrected chi connectivity index (χ2v) is 5.32. The van der Waals surface area contributed by atoms with Gasteiger partial charge in [0, 0.05) is 13.6 Å². The molecule has 2 amide bonds. The number of hydrogen-bond acceptors (Lipinski definition) is 3. The standard InChI is InChI=1S/C15H20N2O2/c1-10(2)12-6-4-11(5-7-12)9-16-13-8-14(18)17(3)15(13)19/h4-7,10,13,16H,8-9H2,1-3H3. The van der Waals surface area contributed by atoms with E-state index >= 15 is 0 Å². The van der Waals surface area contributed by atoms with Crippen LogP contribution in [0, 0.1) is 0 Å². The van der Waals surface area contributed by atoms with E-state index in [2.05, 4.69) is 43.4 Å². The molecule has 1 heterocycles. The second-order valence-electron chi connectivity index (χ2n) is 5.32. The third kappa shape index (κ3) is 3.01. The molecule has 0 spiro atoms. The fraction of sp³-hybridized carbons (Fsp3) is 0.467. The molecule has 1 atom stereocenters. The Bertz CT molecular complexity index is 479. The van der Waals surface area contributed by atoms with Crippen LogP contribution in [-0.2, 0) is 16.1 Å². The molecule has 1 aliphatic heterocycles. The van der Waals surface area contributed by atoms with Crippen molar-refractivity contribution in [1.29, 1.82) is 0 Å². The lowest BCUT2D eigenvalue weighted by atomic mass is 10.0. The fourth-order valence-corrected chi connectivity index (χ4v) is 2.18. The molecule has 0 aromatic heterocycles. The summed E-state index contributed by atoms with van der Waals surface area (Å²) in [4.78, 5) is 24.3. The summed E-state index contributed by atoms with van der Waals surface area (Å²) in [6.45, 7) is 4.92. The van der Waals surface area contributed by atoms with Gasteiger partial charge in [-0.15, -0.1) is 0 Å². The molecule has 0 radical (unpaired) electrons. The van der Waals surface area contributed by atoms with Crippen LogP contribution in [0.1, 0.15) is 37.3 Å². The number of nitrogens with zero attached hydrogens (tertiary/aromatic N) is 1. The van der Waals surface area contributed by atoms with Crippen LogP contribution in [0.5, 0.6) is 0 Å². The molecule has 1 aliphatic rings. The minimum atomic E-state index is -0.373. The smallest absolute Gasteiger partial charge is 0.246 e. The van der Waals surface area contributed by atoms with Crippen LogP contribution in [-0.4, -0.2) is 29.8 Å². The Hall–Kier alpha value is -1.68. The summed E-state index contributed by atoms with van der Waals surface area (Å²) in [6.07, 6.45) is 0.263. The van der Waals surface area contributed by atoms with Gasteiger partial charge in [0.05, 0.1) is 12.5 Å². The molecule has 1 N–H and O–H groups in total. The Morgan fingerprint density at radius 3 is 2.37 bits per heavy atom. The first-order valence-electron chi connectivity index (χ1n) is 6.61. The van der Waals surface area contributed by atoms with Crippen molar-refractivity contribution in [2.75, 3.05) is 7.05 Å². The van der Waals surface area contributed by atoms with Gasteiger partial charge in [-0.05, 0) is 17.0 Å². The number of benzene rings is 1. The van der Waals surface area contributed by atoms with Crippen LogP contribution in [0.4, 0.5) is 0 Å². The first kappa shape index (κ1) is 13.7. The minimum Gasteiger partial charge on any atom is -0.301 e. The van der Waals surface area contributed by atoms with Crippen molar-refractivity contribution in [2.45, 2.75) is 38.8 Å². The SMILES string of the molecule is CC(C)c1ccc(CNC2CC(=O)N(C)C2=O)cc1. The van der Waals surface area contributed by atoms with E-state index in [1.165, 1.54) is 17.5 Å². The van der Waals surface area contributed by atoms with Gasteiger partial charge >= 0.3 is 0 Å². The number of amides is 2. The van der Waals surface area contributed by atoms with Gasteiger partial charge in [0.25, 0.3) is 0 Å². The summed E-state index contributed by atoms with van der Waals surface area (Å²) in [5.41, 5.74) is 2.43. The molecule has 4 heteroatoms. The number of likely N-dealkylation sites (N-methyl/N-ethyl adjacent to an activating group) is 1. The van der Waals surface area contributed by atoms with Gasteiger partial charge in [-0.25, -0.2) is 0 Å². The number of rotatable bonds is 4. The van der Waals surface area contributed by atoms with Gasteiger partial charge in [-0.1, -0.05) is 38.1 Å². The van der Waals surface area contributed by atoms with Crippen molar-refractivity contribution in [2.24, 2.45) is 0 Å². The van der Waals surface area contributed by atoms with E-state index in [-0.39, 0.29) is 24.3 Å². The van der Waals surface area contributed by atoms with Gasteiger partial charge in [0.15, 0.2) is 0 Å². The summed E-state index contributed by atoms with van der Waals surface area (Å²) in [5, 5.41) is 3.15. The largest absolute Gasteiger partial charge is 0.301 e. The number of nitrogens with one attached hydrogen (secondary N) is 1. The highest BCUT2D eigenvalue weighted by Gasteiger charge is 2.35. The maximum atomic E-state index is 11.7. The average Bonchev–Trinajstić information content (AvgIpc) is 2.64. The number of likely N-dealkylation sites (tertiary alicyclic amines) is 1. The Balaban J connectivity index is 1.92. The van der Waals surface area contributed by atoms with Crippen molar-refractivity contribution in [3.63, 3.8) is 0 Å². The zero-order valence-electron chi connectivity index (χ0n) is 11.6. The quantitative estimate of drug-likeness (QED) is 0.838. The average molecular weight is 260 g/mol. The summed E-state index contributed by atoms with van der Waals surface area (Å²) in [7, 11) is 1.53. The number of imide groups is 1. The first-order chi connectivity index (χ1) is 8.99. The molecule has 19 heavy (non-hydrogen) atoms. The number of carbonyl (C=O) groups excluding carboxylic acids is 2. The van der Waals surface area contributed by atoms with Gasteiger partial charge in [-0.2, -0.15) is 0 Å². The lowest BCUT2D eigenvalue weighted by molar-refractivity contribution is -0.137. The lowest BCUT2D eigenvalue weighted by Crippen LogP contribution is -2.36. The van der Waals surface area contributed by atoms with Crippen LogP contribution in [0.25, 0.3) is 0 Å². The molecule has 1 saturated heterocycles. The predicted octanol–water partition coefficient (Wildman–Crippen LogP) is 1.66. The van der Waals surface area contributed by atoms with E-state index in [1.807, 2.05) is 0 Å². The van der Waals surface area contributed by atoms with Gasteiger partial charge in [-0.3, -0.25) is 14.5 Å². The highest BCUT2D eigenvalue weighted by atomic mass is 16.2. The van der Waals surface area contributed by atoms with Crippen LogP contribution in [0.2, 0.25) is 0 Å². The maximum Gasteiger partial charge on any atom is 0.246 e. The minimum absolute atomic E-state index is 0.113. The van der Waals surface area contributed by atoms with E-state index < -0.39 is 0 Å². The Morgan fingerprint density at radius 2 is 1.89 bits per heavy atom. The summed E-state index contributed by atoms with van der Waals surface area (Å²) < 4.78 is 0. The molecule has 4 nitrogen and oxygen atoms in total. The van der Waals surface area contributed by atoms with Crippen molar-refractivity contribution in [3.8, 4) is 0 Å². The lowest BCUT2D eigenvalue weighted by Gasteiger charge is -2.12. The molecule has 0 bridgehead atoms. The molecule has 0 aliphatic carbocycles. The summed E-state index contributed by atoms with van der Waals surface area (Å²) in [6, 6.07) is 7.97. The molecular weight excluding hydrogens is 240 g/mol. The Kier molecular flexibility index (Phi) is 4.00. The zero-order valence-corrected chi connectivity index (χ0v) is 11.6. The molecule has 1 fully saturated rings. The number of hydrogen-bond donors (Lipinski definition) is 1. The van der Waals surface area contributed by atoms with Gasteiger partial charge in [0.2, 0.25) is 11.8 Å². The highest BCUT2D eigenvalue weighted by molar-refractivity contribution is 6.05. The Morgan fingerprint density at radius 1 is 1.26 bits per heavy atom. The van der Waals surface area contributed by atoms with Crippen molar-refractivity contribution >= 4 is 11.8 Å². The first-order valence-corrected chi connectivity index (χ1v) is 6.61. The topological polar surface area (TPSA) is 49.4 Å². The van der Waals surface area contributed by atoms with Gasteiger partial charge < -0.3 is 5.32 Å². The molecule has 0 saturated carbocycles. The van der Waals surface area contributed by atoms with Crippen molar-refractivity contribution in [3.05, 3.63) is 35.4 Å². The predicted molar refractivity (Wildman–Crippen MR) is 73.6 cm³/mol. The van der Waals surface area contributed by atoms with Gasteiger partial charge in [0.1, 0.15) is 0 Å². The highest BCUT2D eigenvalue weighted by Crippen LogP contribution is 2.15. The molecule has 102 valence electrons. The van der Waals surface area contributed by atoms with Crippen molar-refractivity contribution in [1.82, 2.24) is 10.2 Å². The number of carbonyl (C=O) groups is 2. The molecular formula is C15H20N2O2. The maximum absolute atomic E-state index is 11.7. The summed E-state index contributed by atoms with van der Waals surface area (Å²) in [5.74, 6) is 0.270. The third-order valence-corrected chi connectivity index (χ3v) is 3.58. The van der Waals surface area contributed by atoms with E-state index in [1.54, 1.807) is 0 Å². The molecule has 2 rings (SSSR count). The zero-order chi connectivity index (χ0) is 14.0. The van der Waals surface area contributed by atoms with E-state index in [4.69, 9.17) is 0 Å². The third-order valence-electron chi connectivity index (χ3n) is 3.58. The molecule has 1 aromatic rings. The van der Waals surface area contributed by atoms with Crippen molar-refractivity contribution < 1.29 is 9.59 Å². The van der Waals surface area contributed by atoms with Crippen LogP contribution < -0.4 is 5.32 Å². The summed E-state index contributed by atoms with van der Waals surface area (Å²) >= 11 is 0. The molecule has 1 unspecified atom stereocenters. The Labute approximate surface area is 113 Å². The monoisotopic (exact) mass is 260 g/mol. The van der Waals surface area contributed by atoms with E-state index in [0.29, 0.717) is 12.5 Å². The van der Waals surface area contributed by atoms with Crippen LogP contribution in [0.3, 0.4) is 0 Å². The second kappa shape index (κ2) is 5.53. The van der Waals surface area contributed by atoms with E-state index in [0.717, 1.165) is 5.56 Å². The van der Waals surface area contributed by atoms with E-state index in [9.17, 15) is 9.59 Å². The fourth-order valence-electron chi connectivity index (χ4n) is 2.18.